The molecular formula is C16H12F3N3OS. The van der Waals surface area contributed by atoms with Crippen LogP contribution >= 0.6 is 11.8 Å². The standard InChI is InChI=1S/C16H12F3N3OS/c1-21-14(23)9-24-15-11(8-20)12(16(17,18)19)7-13(22-15)10-5-3-2-4-6-10/h2-7H,9H2,1H3,(H,21,23). The van der Waals surface area contributed by atoms with Crippen LogP contribution in [-0.4, -0.2) is 23.7 Å². The van der Waals surface area contributed by atoms with Gasteiger partial charge in [-0.1, -0.05) is 42.1 Å². The molecule has 0 aliphatic heterocycles. The number of hydrogen-bond acceptors (Lipinski definition) is 4. The van der Waals surface area contributed by atoms with Gasteiger partial charge in [0.25, 0.3) is 0 Å². The van der Waals surface area contributed by atoms with Crippen LogP contribution in [0.3, 0.4) is 0 Å². The van der Waals surface area contributed by atoms with E-state index in [0.29, 0.717) is 5.56 Å². The lowest BCUT2D eigenvalue weighted by Gasteiger charge is -2.14. The lowest BCUT2D eigenvalue weighted by atomic mass is 10.1. The molecule has 1 aromatic carbocycles. The summed E-state index contributed by atoms with van der Waals surface area (Å²) in [4.78, 5) is 15.5. The molecule has 24 heavy (non-hydrogen) atoms. The van der Waals surface area contributed by atoms with Crippen LogP contribution in [0.4, 0.5) is 13.2 Å². The van der Waals surface area contributed by atoms with Crippen molar-refractivity contribution in [3.8, 4) is 17.3 Å². The second-order valence-electron chi connectivity index (χ2n) is 4.67. The van der Waals surface area contributed by atoms with Gasteiger partial charge in [0.15, 0.2) is 0 Å². The van der Waals surface area contributed by atoms with Crippen LogP contribution in [0.25, 0.3) is 11.3 Å². The minimum atomic E-state index is -4.69. The highest BCUT2D eigenvalue weighted by molar-refractivity contribution is 8.00. The zero-order valence-electron chi connectivity index (χ0n) is 12.5. The second kappa shape index (κ2) is 7.36. The van der Waals surface area contributed by atoms with E-state index in [1.54, 1.807) is 36.4 Å². The normalized spacial score (nSPS) is 11.0. The summed E-state index contributed by atoms with van der Waals surface area (Å²) in [7, 11) is 1.42. The molecular weight excluding hydrogens is 339 g/mol. The number of thioether (sulfide) groups is 1. The van der Waals surface area contributed by atoms with Gasteiger partial charge >= 0.3 is 6.18 Å². The maximum Gasteiger partial charge on any atom is 0.417 e. The van der Waals surface area contributed by atoms with E-state index >= 15 is 0 Å². The quantitative estimate of drug-likeness (QED) is 0.857. The van der Waals surface area contributed by atoms with Crippen molar-refractivity contribution in [1.29, 1.82) is 5.26 Å². The number of amides is 1. The fourth-order valence-electron chi connectivity index (χ4n) is 1.92. The molecule has 2 rings (SSSR count). The third-order valence-corrected chi connectivity index (χ3v) is 4.07. The predicted molar refractivity (Wildman–Crippen MR) is 84.2 cm³/mol. The number of carbonyl (C=O) groups excluding carboxylic acids is 1. The molecule has 4 nitrogen and oxygen atoms in total. The van der Waals surface area contributed by atoms with Crippen molar-refractivity contribution in [2.45, 2.75) is 11.2 Å². The second-order valence-corrected chi connectivity index (χ2v) is 5.64. The maximum atomic E-state index is 13.3. The van der Waals surface area contributed by atoms with Gasteiger partial charge in [-0.05, 0) is 6.07 Å². The summed E-state index contributed by atoms with van der Waals surface area (Å²) in [5.74, 6) is -0.502. The predicted octanol–water partition coefficient (Wildman–Crippen LogP) is 3.48. The van der Waals surface area contributed by atoms with E-state index in [4.69, 9.17) is 5.26 Å². The Bertz CT molecular complexity index is 786. The number of nitrogens with zero attached hydrogens (tertiary/aromatic N) is 2. The molecule has 1 amide bonds. The molecule has 0 spiro atoms. The molecule has 0 aliphatic rings. The van der Waals surface area contributed by atoms with Crippen molar-refractivity contribution in [3.05, 3.63) is 47.5 Å². The third-order valence-electron chi connectivity index (χ3n) is 3.09. The van der Waals surface area contributed by atoms with Gasteiger partial charge in [-0.3, -0.25) is 4.79 Å². The first-order valence-corrected chi connectivity index (χ1v) is 7.76. The van der Waals surface area contributed by atoms with Gasteiger partial charge in [0, 0.05) is 12.6 Å². The number of aromatic nitrogens is 1. The van der Waals surface area contributed by atoms with Gasteiger partial charge in [-0.25, -0.2) is 4.98 Å². The molecule has 0 bridgehead atoms. The average molecular weight is 351 g/mol. The number of halogens is 3. The van der Waals surface area contributed by atoms with Gasteiger partial charge < -0.3 is 5.32 Å². The molecule has 0 aliphatic carbocycles. The number of nitriles is 1. The van der Waals surface area contributed by atoms with Crippen molar-refractivity contribution in [3.63, 3.8) is 0 Å². The van der Waals surface area contributed by atoms with E-state index in [1.165, 1.54) is 7.05 Å². The Morgan fingerprint density at radius 3 is 2.54 bits per heavy atom. The highest BCUT2D eigenvalue weighted by atomic mass is 32.2. The van der Waals surface area contributed by atoms with Crippen LogP contribution in [0, 0.1) is 11.3 Å². The zero-order chi connectivity index (χ0) is 17.7. The Morgan fingerprint density at radius 1 is 1.33 bits per heavy atom. The third kappa shape index (κ3) is 4.06. The number of alkyl halides is 3. The van der Waals surface area contributed by atoms with Crippen LogP contribution in [0.2, 0.25) is 0 Å². The first-order chi connectivity index (χ1) is 11.4. The molecule has 8 heteroatoms. The highest BCUT2D eigenvalue weighted by Gasteiger charge is 2.36. The number of nitrogens with one attached hydrogen (secondary N) is 1. The fourth-order valence-corrected chi connectivity index (χ4v) is 2.80. The Hall–Kier alpha value is -2.53. The molecule has 0 fully saturated rings. The molecule has 1 heterocycles. The summed E-state index contributed by atoms with van der Waals surface area (Å²) < 4.78 is 39.9. The summed E-state index contributed by atoms with van der Waals surface area (Å²) in [5.41, 5.74) is -1.04. The number of benzene rings is 1. The van der Waals surface area contributed by atoms with Gasteiger partial charge in [0.1, 0.15) is 11.1 Å². The van der Waals surface area contributed by atoms with E-state index in [0.717, 1.165) is 17.8 Å². The SMILES string of the molecule is CNC(=O)CSc1nc(-c2ccccc2)cc(C(F)(F)F)c1C#N. The Kier molecular flexibility index (Phi) is 5.46. The Balaban J connectivity index is 2.59. The van der Waals surface area contributed by atoms with Gasteiger partial charge in [-0.15, -0.1) is 0 Å². The largest absolute Gasteiger partial charge is 0.417 e. The Labute approximate surface area is 140 Å². The zero-order valence-corrected chi connectivity index (χ0v) is 13.3. The number of hydrogen-bond donors (Lipinski definition) is 1. The minimum Gasteiger partial charge on any atom is -0.358 e. The molecule has 0 saturated carbocycles. The number of pyridine rings is 1. The summed E-state index contributed by atoms with van der Waals surface area (Å²) >= 11 is 0.798. The van der Waals surface area contributed by atoms with Crippen molar-refractivity contribution in [2.24, 2.45) is 0 Å². The molecule has 0 atom stereocenters. The first kappa shape index (κ1) is 17.8. The van der Waals surface area contributed by atoms with Crippen molar-refractivity contribution in [2.75, 3.05) is 12.8 Å². The summed E-state index contributed by atoms with van der Waals surface area (Å²) in [6.07, 6.45) is -4.69. The Morgan fingerprint density at radius 2 is 2.00 bits per heavy atom. The van der Waals surface area contributed by atoms with Crippen molar-refractivity contribution >= 4 is 17.7 Å². The minimum absolute atomic E-state index is 0.0985. The molecule has 1 N–H and O–H groups in total. The summed E-state index contributed by atoms with van der Waals surface area (Å²) in [6.45, 7) is 0. The van der Waals surface area contributed by atoms with Crippen LogP contribution in [0.15, 0.2) is 41.4 Å². The lowest BCUT2D eigenvalue weighted by Crippen LogP contribution is -2.20. The monoisotopic (exact) mass is 351 g/mol. The van der Waals surface area contributed by atoms with Crippen molar-refractivity contribution in [1.82, 2.24) is 10.3 Å². The molecule has 0 unspecified atom stereocenters. The van der Waals surface area contributed by atoms with Crippen molar-refractivity contribution < 1.29 is 18.0 Å². The van der Waals surface area contributed by atoms with E-state index < -0.39 is 17.3 Å². The topological polar surface area (TPSA) is 65.8 Å². The van der Waals surface area contributed by atoms with E-state index in [1.807, 2.05) is 0 Å². The average Bonchev–Trinajstić information content (AvgIpc) is 2.58. The smallest absolute Gasteiger partial charge is 0.358 e. The molecule has 1 aromatic heterocycles. The van der Waals surface area contributed by atoms with Crippen LogP contribution in [-0.2, 0) is 11.0 Å². The molecule has 2 aromatic rings. The van der Waals surface area contributed by atoms with Crippen LogP contribution in [0.5, 0.6) is 0 Å². The fraction of sp³-hybridized carbons (Fsp3) is 0.188. The van der Waals surface area contributed by atoms with Crippen LogP contribution in [0.1, 0.15) is 11.1 Å². The lowest BCUT2D eigenvalue weighted by molar-refractivity contribution is -0.138. The number of rotatable bonds is 4. The van der Waals surface area contributed by atoms with E-state index in [9.17, 15) is 18.0 Å². The van der Waals surface area contributed by atoms with Gasteiger partial charge in [0.2, 0.25) is 5.91 Å². The maximum absolute atomic E-state index is 13.3. The molecule has 0 saturated heterocycles. The summed E-state index contributed by atoms with van der Waals surface area (Å²) in [6, 6.07) is 10.8. The summed E-state index contributed by atoms with van der Waals surface area (Å²) in [5, 5.41) is 11.4. The molecule has 124 valence electrons. The van der Waals surface area contributed by atoms with E-state index in [2.05, 4.69) is 10.3 Å². The first-order valence-electron chi connectivity index (χ1n) is 6.78. The van der Waals surface area contributed by atoms with Gasteiger partial charge in [-0.2, -0.15) is 18.4 Å². The van der Waals surface area contributed by atoms with Crippen LogP contribution < -0.4 is 5.32 Å². The number of carbonyl (C=O) groups is 1. The van der Waals surface area contributed by atoms with Gasteiger partial charge in [0.05, 0.1) is 22.6 Å². The molecule has 0 radical (unpaired) electrons. The van der Waals surface area contributed by atoms with E-state index in [-0.39, 0.29) is 22.4 Å². The highest BCUT2D eigenvalue weighted by Crippen LogP contribution is 2.37.